The fraction of sp³-hybridized carbons (Fsp3) is 0.556. The van der Waals surface area contributed by atoms with E-state index in [9.17, 15) is 23.1 Å². The third-order valence-electron chi connectivity index (χ3n) is 5.09. The highest BCUT2D eigenvalue weighted by Gasteiger charge is 2.55. The van der Waals surface area contributed by atoms with Crippen LogP contribution in [-0.4, -0.2) is 33.6 Å². The van der Waals surface area contributed by atoms with Crippen LogP contribution in [0.15, 0.2) is 29.4 Å². The van der Waals surface area contributed by atoms with Gasteiger partial charge < -0.3 is 5.11 Å². The van der Waals surface area contributed by atoms with Gasteiger partial charge in [-0.15, -0.1) is 0 Å². The molecule has 1 atom stereocenters. The van der Waals surface area contributed by atoms with Crippen molar-refractivity contribution in [1.82, 2.24) is 5.01 Å². The zero-order valence-electron chi connectivity index (χ0n) is 14.0. The first-order chi connectivity index (χ1) is 11.7. The summed E-state index contributed by atoms with van der Waals surface area (Å²) in [6.45, 7) is 1.85. The standard InChI is InChI=1S/C18H21F3N2O2/c1-12-7-9-13(10-8-12)16(24)23-17(25,14-5-3-2-4-6-14)11-15(22-23)18(19,20)21/h7-10,14,25H,2-6,11H2,1H3. The molecular formula is C18H21F3N2O2. The lowest BCUT2D eigenvalue weighted by Gasteiger charge is -2.40. The second kappa shape index (κ2) is 6.44. The number of halogens is 3. The van der Waals surface area contributed by atoms with E-state index < -0.39 is 35.9 Å². The molecule has 1 saturated carbocycles. The molecule has 3 rings (SSSR count). The van der Waals surface area contributed by atoms with Gasteiger partial charge in [-0.1, -0.05) is 37.0 Å². The van der Waals surface area contributed by atoms with Gasteiger partial charge >= 0.3 is 6.18 Å². The van der Waals surface area contributed by atoms with Crippen molar-refractivity contribution in [1.29, 1.82) is 0 Å². The van der Waals surface area contributed by atoms with Gasteiger partial charge in [-0.3, -0.25) is 4.79 Å². The lowest BCUT2D eigenvalue weighted by atomic mass is 9.79. The zero-order chi connectivity index (χ0) is 18.2. The Morgan fingerprint density at radius 2 is 1.80 bits per heavy atom. The number of aryl methyl sites for hydroxylation is 1. The van der Waals surface area contributed by atoms with E-state index in [2.05, 4.69) is 5.10 Å². The Balaban J connectivity index is 1.96. The predicted molar refractivity (Wildman–Crippen MR) is 87.0 cm³/mol. The predicted octanol–water partition coefficient (Wildman–Crippen LogP) is 4.03. The highest BCUT2D eigenvalue weighted by atomic mass is 19.4. The van der Waals surface area contributed by atoms with Gasteiger partial charge in [-0.05, 0) is 31.9 Å². The number of alkyl halides is 3. The van der Waals surface area contributed by atoms with Crippen molar-refractivity contribution < 1.29 is 23.1 Å². The summed E-state index contributed by atoms with van der Waals surface area (Å²) in [5, 5.41) is 15.3. The van der Waals surface area contributed by atoms with Crippen molar-refractivity contribution in [3.8, 4) is 0 Å². The number of nitrogens with zero attached hydrogens (tertiary/aromatic N) is 2. The minimum Gasteiger partial charge on any atom is -0.368 e. The maximum atomic E-state index is 13.2. The average molecular weight is 354 g/mol. The first kappa shape index (κ1) is 17.9. The van der Waals surface area contributed by atoms with Gasteiger partial charge in [0.05, 0.1) is 0 Å². The average Bonchev–Trinajstić information content (AvgIpc) is 2.95. The summed E-state index contributed by atoms with van der Waals surface area (Å²) in [6, 6.07) is 6.49. The van der Waals surface area contributed by atoms with E-state index in [4.69, 9.17) is 0 Å². The Labute approximate surface area is 144 Å². The van der Waals surface area contributed by atoms with Crippen molar-refractivity contribution in [2.45, 2.75) is 57.3 Å². The molecule has 1 aliphatic carbocycles. The topological polar surface area (TPSA) is 52.9 Å². The van der Waals surface area contributed by atoms with Crippen molar-refractivity contribution in [2.24, 2.45) is 11.0 Å². The van der Waals surface area contributed by atoms with Crippen molar-refractivity contribution in [3.63, 3.8) is 0 Å². The zero-order valence-corrected chi connectivity index (χ0v) is 14.0. The molecule has 1 heterocycles. The van der Waals surface area contributed by atoms with Crippen molar-refractivity contribution in [2.75, 3.05) is 0 Å². The number of hydrogen-bond acceptors (Lipinski definition) is 3. The molecule has 0 bridgehead atoms. The maximum Gasteiger partial charge on any atom is 0.431 e. The number of aliphatic hydroxyl groups is 1. The van der Waals surface area contributed by atoms with Gasteiger partial charge in [0, 0.05) is 17.9 Å². The normalized spacial score (nSPS) is 25.2. The Morgan fingerprint density at radius 3 is 2.36 bits per heavy atom. The molecule has 1 amide bonds. The van der Waals surface area contributed by atoms with Gasteiger partial charge in [0.25, 0.3) is 5.91 Å². The van der Waals surface area contributed by atoms with E-state index in [1.807, 2.05) is 6.92 Å². The molecule has 1 unspecified atom stereocenters. The molecule has 0 saturated heterocycles. The molecule has 0 aromatic heterocycles. The van der Waals surface area contributed by atoms with Gasteiger partial charge in [-0.25, -0.2) is 0 Å². The van der Waals surface area contributed by atoms with Crippen LogP contribution < -0.4 is 0 Å². The van der Waals surface area contributed by atoms with E-state index in [1.165, 1.54) is 0 Å². The van der Waals surface area contributed by atoms with Gasteiger partial charge in [0.15, 0.2) is 5.72 Å². The van der Waals surface area contributed by atoms with Crippen LogP contribution in [0.2, 0.25) is 0 Å². The number of benzene rings is 1. The van der Waals surface area contributed by atoms with E-state index in [-0.39, 0.29) is 5.56 Å². The number of rotatable bonds is 2. The van der Waals surface area contributed by atoms with Crippen molar-refractivity contribution >= 4 is 11.6 Å². The van der Waals surface area contributed by atoms with Crippen LogP contribution in [0.1, 0.15) is 54.4 Å². The fourth-order valence-electron chi connectivity index (χ4n) is 3.64. The monoisotopic (exact) mass is 354 g/mol. The lowest BCUT2D eigenvalue weighted by Crippen LogP contribution is -2.52. The molecule has 1 aromatic rings. The molecule has 25 heavy (non-hydrogen) atoms. The van der Waals surface area contributed by atoms with Crippen LogP contribution in [0.3, 0.4) is 0 Å². The third kappa shape index (κ3) is 3.42. The summed E-state index contributed by atoms with van der Waals surface area (Å²) < 4.78 is 39.6. The molecule has 2 aliphatic rings. The number of hydrogen-bond donors (Lipinski definition) is 1. The summed E-state index contributed by atoms with van der Waals surface area (Å²) in [5.74, 6) is -1.11. The van der Waals surface area contributed by atoms with Crippen LogP contribution in [0.25, 0.3) is 0 Å². The summed E-state index contributed by atoms with van der Waals surface area (Å²) in [5.41, 5.74) is -1.86. The quantitative estimate of drug-likeness (QED) is 0.872. The van der Waals surface area contributed by atoms with Gasteiger partial charge in [-0.2, -0.15) is 23.3 Å². The molecular weight excluding hydrogens is 333 g/mol. The van der Waals surface area contributed by atoms with Crippen molar-refractivity contribution in [3.05, 3.63) is 35.4 Å². The van der Waals surface area contributed by atoms with E-state index in [0.29, 0.717) is 17.9 Å². The highest BCUT2D eigenvalue weighted by molar-refractivity contribution is 5.99. The molecule has 1 N–H and O–H groups in total. The van der Waals surface area contributed by atoms with E-state index in [0.717, 1.165) is 24.8 Å². The molecule has 0 spiro atoms. The number of hydrazone groups is 1. The number of carbonyl (C=O) groups excluding carboxylic acids is 1. The largest absolute Gasteiger partial charge is 0.431 e. The summed E-state index contributed by atoms with van der Waals surface area (Å²) in [6.07, 6.45) is -1.49. The fourth-order valence-corrected chi connectivity index (χ4v) is 3.64. The Hall–Kier alpha value is -1.89. The summed E-state index contributed by atoms with van der Waals surface area (Å²) >= 11 is 0. The molecule has 7 heteroatoms. The Morgan fingerprint density at radius 1 is 1.20 bits per heavy atom. The smallest absolute Gasteiger partial charge is 0.368 e. The number of amides is 1. The van der Waals surface area contributed by atoms with Crippen LogP contribution in [0.4, 0.5) is 13.2 Å². The van der Waals surface area contributed by atoms with Crippen LogP contribution in [-0.2, 0) is 0 Å². The molecule has 4 nitrogen and oxygen atoms in total. The number of carbonyl (C=O) groups is 1. The van der Waals surface area contributed by atoms with Crippen LogP contribution >= 0.6 is 0 Å². The minimum absolute atomic E-state index is 0.215. The van der Waals surface area contributed by atoms with Gasteiger partial charge in [0.2, 0.25) is 0 Å². The van der Waals surface area contributed by atoms with E-state index in [1.54, 1.807) is 24.3 Å². The second-order valence-corrected chi connectivity index (χ2v) is 6.92. The second-order valence-electron chi connectivity index (χ2n) is 6.92. The summed E-state index contributed by atoms with van der Waals surface area (Å²) in [4.78, 5) is 12.8. The van der Waals surface area contributed by atoms with E-state index >= 15 is 0 Å². The highest BCUT2D eigenvalue weighted by Crippen LogP contribution is 2.43. The third-order valence-corrected chi connectivity index (χ3v) is 5.09. The Kier molecular flexibility index (Phi) is 4.62. The Bertz CT molecular complexity index is 679. The molecule has 136 valence electrons. The SMILES string of the molecule is Cc1ccc(C(=O)N2N=C(C(F)(F)F)CC2(O)C2CCCCC2)cc1. The van der Waals surface area contributed by atoms with Gasteiger partial charge in [0.1, 0.15) is 5.71 Å². The first-order valence-electron chi connectivity index (χ1n) is 8.50. The molecule has 0 radical (unpaired) electrons. The summed E-state index contributed by atoms with van der Waals surface area (Å²) in [7, 11) is 0. The minimum atomic E-state index is -4.66. The maximum absolute atomic E-state index is 13.2. The molecule has 1 aliphatic heterocycles. The van der Waals surface area contributed by atoms with Crippen LogP contribution in [0, 0.1) is 12.8 Å². The lowest BCUT2D eigenvalue weighted by molar-refractivity contribution is -0.123. The van der Waals surface area contributed by atoms with Crippen LogP contribution in [0.5, 0.6) is 0 Å². The molecule has 1 aromatic carbocycles. The first-order valence-corrected chi connectivity index (χ1v) is 8.50. The molecule has 1 fully saturated rings.